The van der Waals surface area contributed by atoms with Gasteiger partial charge in [0.15, 0.2) is 0 Å². The summed E-state index contributed by atoms with van der Waals surface area (Å²) < 4.78 is 8.13. The average Bonchev–Trinajstić information content (AvgIpc) is 3.12. The van der Waals surface area contributed by atoms with E-state index in [1.54, 1.807) is 4.57 Å². The fraction of sp³-hybridized carbons (Fsp3) is 0.370. The van der Waals surface area contributed by atoms with Gasteiger partial charge in [-0.25, -0.2) is 4.99 Å². The van der Waals surface area contributed by atoms with Gasteiger partial charge in [0.25, 0.3) is 5.56 Å². The Morgan fingerprint density at radius 1 is 1.21 bits per heavy atom. The summed E-state index contributed by atoms with van der Waals surface area (Å²) in [6, 6.07) is 15.7. The number of ether oxygens (including phenoxy) is 1. The van der Waals surface area contributed by atoms with E-state index in [-0.39, 0.29) is 17.6 Å². The number of carbonyl (C=O) groups excluding carboxylic acids is 1. The highest BCUT2D eigenvalue weighted by atomic mass is 16.5. The highest BCUT2D eigenvalue weighted by molar-refractivity contribution is 5.75. The first-order valence-electron chi connectivity index (χ1n) is 12.0. The molecular weight excluding hydrogens is 428 g/mol. The van der Waals surface area contributed by atoms with Crippen LogP contribution in [0.1, 0.15) is 56.6 Å². The van der Waals surface area contributed by atoms with Gasteiger partial charge < -0.3 is 14.6 Å². The molecule has 2 N–H and O–H groups in total. The van der Waals surface area contributed by atoms with Gasteiger partial charge in [0.05, 0.1) is 18.3 Å². The van der Waals surface area contributed by atoms with Crippen molar-refractivity contribution >= 4 is 18.2 Å². The number of rotatable bonds is 11. The van der Waals surface area contributed by atoms with Crippen molar-refractivity contribution in [2.24, 2.45) is 4.99 Å². The summed E-state index contributed by atoms with van der Waals surface area (Å²) in [4.78, 5) is 31.6. The van der Waals surface area contributed by atoms with Gasteiger partial charge >= 0.3 is 0 Å². The summed E-state index contributed by atoms with van der Waals surface area (Å²) in [6.07, 6.45) is 5.28. The molecule has 1 atom stereocenters. The van der Waals surface area contributed by atoms with Crippen LogP contribution in [0.25, 0.3) is 6.58 Å². The minimum absolute atomic E-state index is 0.0324. The number of nitrogens with one attached hydrogen (secondary N) is 2. The number of hydrogen-bond donors (Lipinski definition) is 2. The fourth-order valence-corrected chi connectivity index (χ4v) is 4.16. The molecule has 1 amide bonds. The number of carbonyl (C=O) groups is 1. The minimum Gasteiger partial charge on any atom is -0.490 e. The number of H-pyrrole nitrogens is 1. The number of hydrogen-bond acceptors (Lipinski definition) is 4. The van der Waals surface area contributed by atoms with Gasteiger partial charge in [0.1, 0.15) is 11.1 Å². The van der Waals surface area contributed by atoms with E-state index < -0.39 is 0 Å². The normalized spacial score (nSPS) is 12.9. The van der Waals surface area contributed by atoms with Crippen molar-refractivity contribution in [1.82, 2.24) is 14.9 Å². The number of nitrogens with zero attached hydrogens (tertiary/aromatic N) is 2. The fourth-order valence-electron chi connectivity index (χ4n) is 4.16. The van der Waals surface area contributed by atoms with E-state index in [2.05, 4.69) is 28.8 Å². The van der Waals surface area contributed by atoms with Crippen molar-refractivity contribution in [3.05, 3.63) is 81.0 Å². The standard InChI is InChI=1S/C27H32N4O3/c1-3-4-6-11-22(13-15-25(32)28-17-20-9-7-5-8-10-20)34-23-12-14-24-21(16-23)18-31-19(2)26(33)30-27(31)29-24/h5,7-10,12,14,16,22H,2-4,6,11,13,15,17-18H2,1H3,(H,28,32)(H,29,30,33). The Hall–Kier alpha value is -3.61. The summed E-state index contributed by atoms with van der Waals surface area (Å²) in [5.74, 6) is 0.789. The van der Waals surface area contributed by atoms with Gasteiger partial charge in [-0.05, 0) is 43.0 Å². The lowest BCUT2D eigenvalue weighted by Gasteiger charge is -2.21. The lowest BCUT2D eigenvalue weighted by Crippen LogP contribution is -2.32. The van der Waals surface area contributed by atoms with Crippen LogP contribution in [0.4, 0.5) is 5.69 Å². The Morgan fingerprint density at radius 2 is 2.03 bits per heavy atom. The smallest absolute Gasteiger partial charge is 0.274 e. The Morgan fingerprint density at radius 3 is 2.82 bits per heavy atom. The first-order chi connectivity index (χ1) is 16.5. The van der Waals surface area contributed by atoms with Gasteiger partial charge in [0.2, 0.25) is 11.5 Å². The summed E-state index contributed by atoms with van der Waals surface area (Å²) in [6.45, 7) is 7.08. The highest BCUT2D eigenvalue weighted by Gasteiger charge is 2.17. The number of aromatic amines is 1. The molecule has 1 aliphatic rings. The van der Waals surface area contributed by atoms with E-state index in [9.17, 15) is 9.59 Å². The maximum absolute atomic E-state index is 12.4. The second-order valence-corrected chi connectivity index (χ2v) is 8.75. The zero-order chi connectivity index (χ0) is 23.9. The molecule has 178 valence electrons. The Balaban J connectivity index is 1.39. The maximum atomic E-state index is 12.4. The van der Waals surface area contributed by atoms with E-state index in [1.165, 1.54) is 0 Å². The maximum Gasteiger partial charge on any atom is 0.274 e. The monoisotopic (exact) mass is 460 g/mol. The molecular formula is C27H32N4O3. The molecule has 0 radical (unpaired) electrons. The summed E-state index contributed by atoms with van der Waals surface area (Å²) in [5.41, 5.74) is 3.19. The van der Waals surface area contributed by atoms with E-state index in [0.29, 0.717) is 36.9 Å². The molecule has 7 nitrogen and oxygen atoms in total. The topological polar surface area (TPSA) is 88.5 Å². The Labute approximate surface area is 199 Å². The van der Waals surface area contributed by atoms with E-state index in [4.69, 9.17) is 4.74 Å². The second kappa shape index (κ2) is 11.0. The molecule has 34 heavy (non-hydrogen) atoms. The molecule has 1 unspecified atom stereocenters. The molecule has 7 heteroatoms. The molecule has 0 aliphatic carbocycles. The van der Waals surface area contributed by atoms with Crippen molar-refractivity contribution in [1.29, 1.82) is 0 Å². The molecule has 0 fully saturated rings. The SMILES string of the molecule is C=c1c(=O)[nH]c2n1Cc1cc(OC(CCCCC)CCC(=O)NCc3ccccc3)ccc1N=2. The van der Waals surface area contributed by atoms with Crippen molar-refractivity contribution < 1.29 is 9.53 Å². The molecule has 0 bridgehead atoms. The number of aromatic nitrogens is 2. The number of imidazole rings is 1. The van der Waals surface area contributed by atoms with E-state index >= 15 is 0 Å². The van der Waals surface area contributed by atoms with E-state index in [1.807, 2.05) is 48.5 Å². The third-order valence-electron chi connectivity index (χ3n) is 6.13. The molecule has 0 saturated heterocycles. The summed E-state index contributed by atoms with van der Waals surface area (Å²) >= 11 is 0. The molecule has 4 rings (SSSR count). The molecule has 1 aromatic heterocycles. The largest absolute Gasteiger partial charge is 0.490 e. The third kappa shape index (κ3) is 5.84. The first kappa shape index (κ1) is 23.5. The molecule has 2 aromatic carbocycles. The van der Waals surface area contributed by atoms with Gasteiger partial charge in [-0.2, -0.15) is 0 Å². The first-order valence-corrected chi connectivity index (χ1v) is 12.0. The second-order valence-electron chi connectivity index (χ2n) is 8.75. The molecule has 0 spiro atoms. The highest BCUT2D eigenvalue weighted by Crippen LogP contribution is 2.28. The molecule has 3 aromatic rings. The van der Waals surface area contributed by atoms with Crippen LogP contribution in [0.3, 0.4) is 0 Å². The van der Waals surface area contributed by atoms with Crippen LogP contribution in [0, 0.1) is 0 Å². The third-order valence-corrected chi connectivity index (χ3v) is 6.13. The van der Waals surface area contributed by atoms with Crippen molar-refractivity contribution in [2.45, 2.75) is 64.6 Å². The van der Waals surface area contributed by atoms with Crippen LogP contribution >= 0.6 is 0 Å². The lowest BCUT2D eigenvalue weighted by molar-refractivity contribution is -0.121. The number of fused-ring (bicyclic) bond motifs is 2. The van der Waals surface area contributed by atoms with Crippen LogP contribution in [-0.4, -0.2) is 21.6 Å². The molecule has 0 saturated carbocycles. The van der Waals surface area contributed by atoms with E-state index in [0.717, 1.165) is 48.2 Å². The van der Waals surface area contributed by atoms with Gasteiger partial charge in [-0.3, -0.25) is 14.6 Å². The summed E-state index contributed by atoms with van der Waals surface area (Å²) in [5, 5.41) is 3.40. The van der Waals surface area contributed by atoms with Crippen LogP contribution < -0.4 is 26.6 Å². The van der Waals surface area contributed by atoms with Crippen molar-refractivity contribution in [2.75, 3.05) is 0 Å². The number of benzene rings is 2. The molecule has 2 heterocycles. The van der Waals surface area contributed by atoms with Crippen LogP contribution in [0.2, 0.25) is 0 Å². The van der Waals surface area contributed by atoms with Crippen LogP contribution in [0.5, 0.6) is 5.75 Å². The lowest BCUT2D eigenvalue weighted by atomic mass is 10.1. The Bertz CT molecular complexity index is 1290. The zero-order valence-corrected chi connectivity index (χ0v) is 19.7. The van der Waals surface area contributed by atoms with Crippen molar-refractivity contribution in [3.8, 4) is 5.75 Å². The van der Waals surface area contributed by atoms with Gasteiger partial charge in [-0.15, -0.1) is 0 Å². The predicted octanol–water partition coefficient (Wildman–Crippen LogP) is 3.32. The minimum atomic E-state index is -0.218. The van der Waals surface area contributed by atoms with Gasteiger partial charge in [-0.1, -0.05) is 56.7 Å². The summed E-state index contributed by atoms with van der Waals surface area (Å²) in [7, 11) is 0. The number of unbranched alkanes of at least 4 members (excludes halogenated alkanes) is 2. The van der Waals surface area contributed by atoms with Gasteiger partial charge in [0, 0.05) is 18.5 Å². The Kier molecular flexibility index (Phi) is 7.62. The number of amides is 1. The van der Waals surface area contributed by atoms with Crippen LogP contribution in [-0.2, 0) is 17.9 Å². The predicted molar refractivity (Wildman–Crippen MR) is 133 cm³/mol. The van der Waals surface area contributed by atoms with Crippen LogP contribution in [0.15, 0.2) is 58.3 Å². The average molecular weight is 461 g/mol. The quantitative estimate of drug-likeness (QED) is 0.337. The zero-order valence-electron chi connectivity index (χ0n) is 19.7. The van der Waals surface area contributed by atoms with Crippen molar-refractivity contribution in [3.63, 3.8) is 0 Å². The molecule has 1 aliphatic heterocycles.